The summed E-state index contributed by atoms with van der Waals surface area (Å²) in [5.41, 5.74) is 2.91. The molecule has 4 aromatic rings. The predicted octanol–water partition coefficient (Wildman–Crippen LogP) is 3.88. The Labute approximate surface area is 172 Å². The number of aryl methyl sites for hydroxylation is 1. The highest BCUT2D eigenvalue weighted by atomic mass is 32.2. The lowest BCUT2D eigenvalue weighted by Gasteiger charge is -2.07. The molecule has 2 aromatic carbocycles. The molecule has 148 valence electrons. The van der Waals surface area contributed by atoms with E-state index in [0.717, 1.165) is 16.9 Å². The van der Waals surface area contributed by atoms with E-state index in [1.54, 1.807) is 7.11 Å². The third kappa shape index (κ3) is 3.95. The molecule has 0 radical (unpaired) electrons. The van der Waals surface area contributed by atoms with E-state index >= 15 is 0 Å². The number of ether oxygens (including phenoxy) is 1. The van der Waals surface area contributed by atoms with Gasteiger partial charge in [0.1, 0.15) is 5.75 Å². The lowest BCUT2D eigenvalue weighted by atomic mass is 10.1. The summed E-state index contributed by atoms with van der Waals surface area (Å²) in [6.45, 7) is 3.99. The molecule has 9 heteroatoms. The van der Waals surface area contributed by atoms with E-state index in [9.17, 15) is 0 Å². The molecule has 0 aliphatic carbocycles. The van der Waals surface area contributed by atoms with Crippen molar-refractivity contribution in [3.8, 4) is 28.6 Å². The maximum Gasteiger partial charge on any atom is 0.247 e. The van der Waals surface area contributed by atoms with Crippen LogP contribution in [0, 0.1) is 6.92 Å². The number of nitrogen functional groups attached to an aromatic ring is 1. The lowest BCUT2D eigenvalue weighted by Crippen LogP contribution is -2.12. The summed E-state index contributed by atoms with van der Waals surface area (Å²) in [5.74, 6) is 8.53. The molecule has 0 unspecified atom stereocenters. The second kappa shape index (κ2) is 7.96. The van der Waals surface area contributed by atoms with Crippen molar-refractivity contribution in [2.24, 2.45) is 0 Å². The fraction of sp³-hybridized carbons (Fsp3) is 0.200. The topological polar surface area (TPSA) is 105 Å². The van der Waals surface area contributed by atoms with Gasteiger partial charge in [-0.05, 0) is 50.2 Å². The monoisotopic (exact) mass is 408 g/mol. The molecule has 0 saturated heterocycles. The van der Waals surface area contributed by atoms with Crippen LogP contribution in [0.2, 0.25) is 0 Å². The number of hydrogen-bond acceptors (Lipinski definition) is 8. The van der Waals surface area contributed by atoms with Gasteiger partial charge in [0, 0.05) is 11.1 Å². The van der Waals surface area contributed by atoms with Gasteiger partial charge in [-0.1, -0.05) is 29.5 Å². The van der Waals surface area contributed by atoms with Crippen LogP contribution in [0.25, 0.3) is 22.8 Å². The number of nitrogens with two attached hydrogens (primary N) is 1. The minimum atomic E-state index is -0.142. The molecule has 29 heavy (non-hydrogen) atoms. The summed E-state index contributed by atoms with van der Waals surface area (Å²) in [6, 6.07) is 15.4. The predicted molar refractivity (Wildman–Crippen MR) is 111 cm³/mol. The van der Waals surface area contributed by atoms with Gasteiger partial charge in [-0.2, -0.15) is 0 Å². The van der Waals surface area contributed by atoms with Gasteiger partial charge >= 0.3 is 0 Å². The van der Waals surface area contributed by atoms with Crippen LogP contribution < -0.4 is 10.6 Å². The Morgan fingerprint density at radius 3 is 2.34 bits per heavy atom. The van der Waals surface area contributed by atoms with Gasteiger partial charge in [0.2, 0.25) is 16.9 Å². The first-order valence-electron chi connectivity index (χ1n) is 8.97. The zero-order chi connectivity index (χ0) is 20.4. The van der Waals surface area contributed by atoms with Crippen molar-refractivity contribution in [3.63, 3.8) is 0 Å². The molecule has 4 rings (SSSR count). The molecule has 0 aliphatic rings. The number of thioether (sulfide) groups is 1. The van der Waals surface area contributed by atoms with Crippen molar-refractivity contribution in [2.45, 2.75) is 24.3 Å². The zero-order valence-corrected chi connectivity index (χ0v) is 17.1. The van der Waals surface area contributed by atoms with E-state index in [-0.39, 0.29) is 5.25 Å². The molecular formula is C20H20N6O2S. The molecule has 0 saturated carbocycles. The summed E-state index contributed by atoms with van der Waals surface area (Å²) in [6.07, 6.45) is 0. The first kappa shape index (κ1) is 19.0. The van der Waals surface area contributed by atoms with Crippen LogP contribution >= 0.6 is 11.8 Å². The lowest BCUT2D eigenvalue weighted by molar-refractivity contribution is 0.415. The van der Waals surface area contributed by atoms with E-state index in [1.165, 1.54) is 22.0 Å². The Hall–Kier alpha value is -3.33. The quantitative estimate of drug-likeness (QED) is 0.378. The second-order valence-corrected chi connectivity index (χ2v) is 7.78. The van der Waals surface area contributed by atoms with Crippen LogP contribution in [0.4, 0.5) is 0 Å². The van der Waals surface area contributed by atoms with Crippen molar-refractivity contribution in [1.82, 2.24) is 25.1 Å². The highest BCUT2D eigenvalue weighted by Gasteiger charge is 2.20. The van der Waals surface area contributed by atoms with Crippen LogP contribution in [0.1, 0.15) is 23.6 Å². The van der Waals surface area contributed by atoms with Crippen molar-refractivity contribution in [3.05, 3.63) is 60.0 Å². The van der Waals surface area contributed by atoms with Crippen molar-refractivity contribution >= 4 is 11.8 Å². The number of hydrogen-bond donors (Lipinski definition) is 1. The van der Waals surface area contributed by atoms with Crippen LogP contribution in [-0.4, -0.2) is 32.2 Å². The van der Waals surface area contributed by atoms with E-state index < -0.39 is 0 Å². The molecule has 0 fully saturated rings. The van der Waals surface area contributed by atoms with E-state index in [1.807, 2.05) is 62.4 Å². The third-order valence-corrected chi connectivity index (χ3v) is 5.43. The summed E-state index contributed by atoms with van der Waals surface area (Å²) in [5, 5.41) is 17.2. The standard InChI is InChI=1S/C20H20N6O2S/c1-12-4-6-15(7-5-12)19-24-23-18(28-19)13(2)29-20-25-22-17(26(20)21)14-8-10-16(27-3)11-9-14/h4-11,13H,21H2,1-3H3/t13-/m0/s1. The van der Waals surface area contributed by atoms with Crippen molar-refractivity contribution in [1.29, 1.82) is 0 Å². The highest BCUT2D eigenvalue weighted by molar-refractivity contribution is 7.99. The first-order valence-corrected chi connectivity index (χ1v) is 9.85. The average molecular weight is 408 g/mol. The van der Waals surface area contributed by atoms with Gasteiger partial charge in [0.05, 0.1) is 12.4 Å². The van der Waals surface area contributed by atoms with Gasteiger partial charge in [0.25, 0.3) is 0 Å². The summed E-state index contributed by atoms with van der Waals surface area (Å²) in [7, 11) is 1.62. The average Bonchev–Trinajstić information content (AvgIpc) is 3.37. The minimum Gasteiger partial charge on any atom is -0.497 e. The normalized spacial score (nSPS) is 12.1. The van der Waals surface area contributed by atoms with Crippen molar-refractivity contribution < 1.29 is 9.15 Å². The smallest absolute Gasteiger partial charge is 0.247 e. The van der Waals surface area contributed by atoms with Crippen LogP contribution in [0.15, 0.2) is 58.1 Å². The first-order chi connectivity index (χ1) is 14.0. The van der Waals surface area contributed by atoms with Crippen molar-refractivity contribution in [2.75, 3.05) is 13.0 Å². The highest BCUT2D eigenvalue weighted by Crippen LogP contribution is 2.35. The fourth-order valence-corrected chi connectivity index (χ4v) is 3.51. The Kier molecular flexibility index (Phi) is 5.22. The Morgan fingerprint density at radius 1 is 0.966 bits per heavy atom. The number of rotatable bonds is 6. The molecule has 0 aliphatic heterocycles. The van der Waals surface area contributed by atoms with Gasteiger partial charge in [-0.15, -0.1) is 20.4 Å². The Bertz CT molecular complexity index is 1100. The molecule has 2 heterocycles. The molecular weight excluding hydrogens is 388 g/mol. The third-order valence-electron chi connectivity index (χ3n) is 4.38. The van der Waals surface area contributed by atoms with Crippen LogP contribution in [-0.2, 0) is 0 Å². The van der Waals surface area contributed by atoms with Gasteiger partial charge in [0.15, 0.2) is 5.82 Å². The Balaban J connectivity index is 1.51. The van der Waals surface area contributed by atoms with E-state index in [4.69, 9.17) is 15.0 Å². The number of benzene rings is 2. The molecule has 2 aromatic heterocycles. The minimum absolute atomic E-state index is 0.142. The maximum absolute atomic E-state index is 6.22. The van der Waals surface area contributed by atoms with E-state index in [2.05, 4.69) is 20.4 Å². The maximum atomic E-state index is 6.22. The molecule has 2 N–H and O–H groups in total. The molecule has 8 nitrogen and oxygen atoms in total. The van der Waals surface area contributed by atoms with E-state index in [0.29, 0.717) is 22.8 Å². The summed E-state index contributed by atoms with van der Waals surface area (Å²) >= 11 is 1.40. The zero-order valence-electron chi connectivity index (χ0n) is 16.2. The number of aromatic nitrogens is 5. The van der Waals surface area contributed by atoms with Gasteiger partial charge in [-0.25, -0.2) is 4.68 Å². The fourth-order valence-electron chi connectivity index (χ4n) is 2.71. The molecule has 1 atom stereocenters. The molecule has 0 amide bonds. The van der Waals surface area contributed by atoms with Crippen LogP contribution in [0.3, 0.4) is 0 Å². The molecule has 0 bridgehead atoms. The number of nitrogens with zero attached hydrogens (tertiary/aromatic N) is 5. The molecule has 0 spiro atoms. The number of methoxy groups -OCH3 is 1. The summed E-state index contributed by atoms with van der Waals surface area (Å²) in [4.78, 5) is 0. The Morgan fingerprint density at radius 2 is 1.66 bits per heavy atom. The van der Waals surface area contributed by atoms with Crippen LogP contribution in [0.5, 0.6) is 5.75 Å². The van der Waals surface area contributed by atoms with Gasteiger partial charge < -0.3 is 15.0 Å². The SMILES string of the molecule is COc1ccc(-c2nnc(S[C@@H](C)c3nnc(-c4ccc(C)cc4)o3)n2N)cc1. The largest absolute Gasteiger partial charge is 0.497 e. The second-order valence-electron chi connectivity index (χ2n) is 6.48. The summed E-state index contributed by atoms with van der Waals surface area (Å²) < 4.78 is 12.5. The van der Waals surface area contributed by atoms with Gasteiger partial charge in [-0.3, -0.25) is 0 Å².